The Labute approximate surface area is 112 Å². The molecule has 0 saturated carbocycles. The van der Waals surface area contributed by atoms with E-state index in [9.17, 15) is 9.59 Å². The normalized spacial score (nSPS) is 9.71. The minimum absolute atomic E-state index is 0.114. The van der Waals surface area contributed by atoms with Gasteiger partial charge in [0, 0.05) is 24.0 Å². The highest BCUT2D eigenvalue weighted by Crippen LogP contribution is 2.07. The predicted molar refractivity (Wildman–Crippen MR) is 72.3 cm³/mol. The quantitative estimate of drug-likeness (QED) is 0.842. The van der Waals surface area contributed by atoms with Crippen LogP contribution in [0.1, 0.15) is 16.1 Å². The van der Waals surface area contributed by atoms with Crippen LogP contribution >= 0.6 is 27.3 Å². The summed E-state index contributed by atoms with van der Waals surface area (Å²) < 4.78 is 0.716. The van der Waals surface area contributed by atoms with E-state index in [0.717, 1.165) is 0 Å². The van der Waals surface area contributed by atoms with Gasteiger partial charge in [0.05, 0.1) is 4.88 Å². The molecule has 0 aromatic carbocycles. The van der Waals surface area contributed by atoms with Gasteiger partial charge in [0.2, 0.25) is 5.91 Å². The zero-order chi connectivity index (χ0) is 12.7. The van der Waals surface area contributed by atoms with Crippen molar-refractivity contribution < 1.29 is 9.59 Å². The molecule has 0 radical (unpaired) electrons. The first-order chi connectivity index (χ1) is 8.09. The van der Waals surface area contributed by atoms with Gasteiger partial charge in [-0.15, -0.1) is 11.3 Å². The lowest BCUT2D eigenvalue weighted by atomic mass is 10.3. The van der Waals surface area contributed by atoms with E-state index in [1.807, 2.05) is 11.4 Å². The van der Waals surface area contributed by atoms with Gasteiger partial charge < -0.3 is 10.6 Å². The molecule has 92 valence electrons. The summed E-state index contributed by atoms with van der Waals surface area (Å²) in [5.74, 6) is -0.255. The number of carbonyl (C=O) groups is 2. The summed E-state index contributed by atoms with van der Waals surface area (Å²) in [6.45, 7) is 4.33. The minimum Gasteiger partial charge on any atom is -0.351 e. The van der Waals surface area contributed by atoms with Crippen LogP contribution in [0.3, 0.4) is 0 Å². The average molecular weight is 317 g/mol. The molecule has 2 amide bonds. The van der Waals surface area contributed by atoms with Gasteiger partial charge in [-0.2, -0.15) is 0 Å². The van der Waals surface area contributed by atoms with Crippen LogP contribution < -0.4 is 10.6 Å². The second-order valence-corrected chi connectivity index (χ2v) is 5.35. The fraction of sp³-hybridized carbons (Fsp3) is 0.273. The molecule has 0 aliphatic heterocycles. The third kappa shape index (κ3) is 5.65. The average Bonchev–Trinajstić information content (AvgIpc) is 2.79. The Morgan fingerprint density at radius 1 is 1.41 bits per heavy atom. The van der Waals surface area contributed by atoms with Gasteiger partial charge in [0.1, 0.15) is 0 Å². The minimum atomic E-state index is -0.141. The highest BCUT2D eigenvalue weighted by Gasteiger charge is 2.06. The Balaban J connectivity index is 2.17. The standard InChI is InChI=1S/C11H13BrN2O2S/c1-8(12)7-14-10(15)4-5-13-11(16)9-3-2-6-17-9/h2-3,6H,1,4-5,7H2,(H,13,16)(H,14,15). The summed E-state index contributed by atoms with van der Waals surface area (Å²) in [5.41, 5.74) is 0. The number of halogens is 1. The molecular formula is C11H13BrN2O2S. The molecule has 0 atom stereocenters. The molecule has 1 rings (SSSR count). The monoisotopic (exact) mass is 316 g/mol. The molecular weight excluding hydrogens is 304 g/mol. The third-order valence-corrected chi connectivity index (χ3v) is 3.01. The number of thiophene rings is 1. The summed E-state index contributed by atoms with van der Waals surface area (Å²) in [5, 5.41) is 7.17. The van der Waals surface area contributed by atoms with E-state index in [1.165, 1.54) is 11.3 Å². The number of hydrogen-bond acceptors (Lipinski definition) is 3. The molecule has 1 heterocycles. The van der Waals surface area contributed by atoms with Crippen molar-refractivity contribution in [3.63, 3.8) is 0 Å². The van der Waals surface area contributed by atoms with Crippen LogP contribution in [-0.4, -0.2) is 24.9 Å². The number of carbonyl (C=O) groups excluding carboxylic acids is 2. The van der Waals surface area contributed by atoms with Gasteiger partial charge in [-0.25, -0.2) is 0 Å². The molecule has 2 N–H and O–H groups in total. The van der Waals surface area contributed by atoms with Crippen molar-refractivity contribution in [3.05, 3.63) is 33.5 Å². The van der Waals surface area contributed by atoms with E-state index >= 15 is 0 Å². The fourth-order valence-corrected chi connectivity index (χ4v) is 1.85. The summed E-state index contributed by atoms with van der Waals surface area (Å²) in [4.78, 5) is 23.4. The van der Waals surface area contributed by atoms with Gasteiger partial charge in [0.25, 0.3) is 5.91 Å². The lowest BCUT2D eigenvalue weighted by Gasteiger charge is -2.05. The van der Waals surface area contributed by atoms with Crippen molar-refractivity contribution in [1.29, 1.82) is 0 Å². The summed E-state index contributed by atoms with van der Waals surface area (Å²) in [6, 6.07) is 3.56. The first-order valence-electron chi connectivity index (χ1n) is 5.01. The molecule has 6 heteroatoms. The summed E-state index contributed by atoms with van der Waals surface area (Å²) >= 11 is 4.52. The zero-order valence-corrected chi connectivity index (χ0v) is 11.6. The Bertz CT molecular complexity index is 404. The maximum absolute atomic E-state index is 11.5. The second kappa shape index (κ2) is 7.24. The molecule has 0 spiro atoms. The van der Waals surface area contributed by atoms with Crippen LogP contribution in [0.4, 0.5) is 0 Å². The van der Waals surface area contributed by atoms with Crippen LogP contribution in [0.15, 0.2) is 28.6 Å². The second-order valence-electron chi connectivity index (χ2n) is 3.28. The van der Waals surface area contributed by atoms with Crippen molar-refractivity contribution in [2.24, 2.45) is 0 Å². The Morgan fingerprint density at radius 3 is 2.76 bits per heavy atom. The Kier molecular flexibility index (Phi) is 5.93. The Morgan fingerprint density at radius 2 is 2.18 bits per heavy atom. The lowest BCUT2D eigenvalue weighted by molar-refractivity contribution is -0.120. The van der Waals surface area contributed by atoms with E-state index in [0.29, 0.717) is 22.4 Å². The largest absolute Gasteiger partial charge is 0.351 e. The molecule has 4 nitrogen and oxygen atoms in total. The Hall–Kier alpha value is -1.14. The topological polar surface area (TPSA) is 58.2 Å². The van der Waals surface area contributed by atoms with Gasteiger partial charge in [-0.1, -0.05) is 28.6 Å². The molecule has 0 unspecified atom stereocenters. The predicted octanol–water partition coefficient (Wildman–Crippen LogP) is 1.89. The molecule has 0 fully saturated rings. The number of nitrogens with one attached hydrogen (secondary N) is 2. The van der Waals surface area contributed by atoms with Crippen molar-refractivity contribution in [3.8, 4) is 0 Å². The number of rotatable bonds is 6. The van der Waals surface area contributed by atoms with Gasteiger partial charge in [-0.3, -0.25) is 9.59 Å². The maximum Gasteiger partial charge on any atom is 0.261 e. The van der Waals surface area contributed by atoms with E-state index in [2.05, 4.69) is 33.1 Å². The van der Waals surface area contributed by atoms with Gasteiger partial charge in [-0.05, 0) is 11.4 Å². The van der Waals surface area contributed by atoms with Crippen molar-refractivity contribution in [2.45, 2.75) is 6.42 Å². The highest BCUT2D eigenvalue weighted by molar-refractivity contribution is 9.11. The van der Waals surface area contributed by atoms with Crippen LogP contribution in [-0.2, 0) is 4.79 Å². The molecule has 17 heavy (non-hydrogen) atoms. The van der Waals surface area contributed by atoms with Gasteiger partial charge >= 0.3 is 0 Å². The van der Waals surface area contributed by atoms with Gasteiger partial charge in [0.15, 0.2) is 0 Å². The van der Waals surface area contributed by atoms with Crippen molar-refractivity contribution in [1.82, 2.24) is 10.6 Å². The summed E-state index contributed by atoms with van der Waals surface area (Å²) in [7, 11) is 0. The molecule has 1 aromatic rings. The van der Waals surface area contributed by atoms with E-state index in [4.69, 9.17) is 0 Å². The first-order valence-corrected chi connectivity index (χ1v) is 6.68. The lowest BCUT2D eigenvalue weighted by Crippen LogP contribution is -2.30. The number of amides is 2. The zero-order valence-electron chi connectivity index (χ0n) is 9.16. The summed E-state index contributed by atoms with van der Waals surface area (Å²) in [6.07, 6.45) is 0.261. The van der Waals surface area contributed by atoms with Crippen LogP contribution in [0, 0.1) is 0 Å². The van der Waals surface area contributed by atoms with Crippen molar-refractivity contribution >= 4 is 39.1 Å². The fourth-order valence-electron chi connectivity index (χ4n) is 1.07. The molecule has 0 saturated heterocycles. The highest BCUT2D eigenvalue weighted by atomic mass is 79.9. The SMILES string of the molecule is C=C(Br)CNC(=O)CCNC(=O)c1cccs1. The number of hydrogen-bond donors (Lipinski definition) is 2. The molecule has 0 aliphatic carbocycles. The van der Waals surface area contributed by atoms with E-state index in [1.54, 1.807) is 6.07 Å². The van der Waals surface area contributed by atoms with Crippen molar-refractivity contribution in [2.75, 3.05) is 13.1 Å². The van der Waals surface area contributed by atoms with E-state index < -0.39 is 0 Å². The molecule has 0 bridgehead atoms. The van der Waals surface area contributed by atoms with Crippen LogP contribution in [0.25, 0.3) is 0 Å². The third-order valence-electron chi connectivity index (χ3n) is 1.86. The van der Waals surface area contributed by atoms with Crippen LogP contribution in [0.5, 0.6) is 0 Å². The molecule has 0 aliphatic rings. The maximum atomic E-state index is 11.5. The first kappa shape index (κ1) is 13.9. The van der Waals surface area contributed by atoms with E-state index in [-0.39, 0.29) is 18.2 Å². The van der Waals surface area contributed by atoms with Crippen LogP contribution in [0.2, 0.25) is 0 Å². The molecule has 1 aromatic heterocycles. The smallest absolute Gasteiger partial charge is 0.261 e.